The first kappa shape index (κ1) is 15.0. The van der Waals surface area contributed by atoms with Gasteiger partial charge in [0, 0.05) is 18.4 Å². The highest BCUT2D eigenvalue weighted by atomic mass is 35.5. The Balaban J connectivity index is 2.37. The summed E-state index contributed by atoms with van der Waals surface area (Å²) in [5.41, 5.74) is 6.45. The molecule has 1 aromatic heterocycles. The smallest absolute Gasteiger partial charge is 0.0622 e. The normalized spacial score (nSPS) is 12.4. The number of aromatic nitrogens is 1. The first-order valence-corrected chi connectivity index (χ1v) is 7.24. The van der Waals surface area contributed by atoms with Crippen LogP contribution in [0, 0.1) is 20.8 Å². The molecule has 20 heavy (non-hydrogen) atoms. The maximum absolute atomic E-state index is 6.23. The van der Waals surface area contributed by atoms with E-state index in [1.165, 1.54) is 22.3 Å². The zero-order valence-electron chi connectivity index (χ0n) is 12.5. The number of benzene rings is 1. The Labute approximate surface area is 126 Å². The van der Waals surface area contributed by atoms with Gasteiger partial charge >= 0.3 is 0 Å². The summed E-state index contributed by atoms with van der Waals surface area (Å²) in [5.74, 6) is 0. The lowest BCUT2D eigenvalue weighted by Gasteiger charge is -2.22. The molecular weight excluding hydrogens is 268 g/mol. The average molecular weight is 289 g/mol. The molecule has 0 amide bonds. The number of aryl methyl sites for hydroxylation is 3. The molecule has 3 heteroatoms. The summed E-state index contributed by atoms with van der Waals surface area (Å²) in [5, 5.41) is 4.15. The van der Waals surface area contributed by atoms with Crippen molar-refractivity contribution in [3.05, 3.63) is 63.4 Å². The molecular formula is C17H21ClN2. The van der Waals surface area contributed by atoms with E-state index in [4.69, 9.17) is 11.6 Å². The quantitative estimate of drug-likeness (QED) is 0.913. The predicted octanol–water partition coefficient (Wildman–Crippen LogP) is 4.16. The minimum atomic E-state index is 0.260. The Morgan fingerprint density at radius 1 is 1.20 bits per heavy atom. The Hall–Kier alpha value is -1.38. The fraction of sp³-hybridized carbons (Fsp3) is 0.353. The summed E-state index contributed by atoms with van der Waals surface area (Å²) in [6, 6.07) is 6.73. The molecule has 0 aliphatic heterocycles. The second-order valence-electron chi connectivity index (χ2n) is 5.32. The minimum absolute atomic E-state index is 0.260. The Bertz CT molecular complexity index is 585. The van der Waals surface area contributed by atoms with E-state index < -0.39 is 0 Å². The van der Waals surface area contributed by atoms with Gasteiger partial charge < -0.3 is 5.32 Å². The molecule has 0 fully saturated rings. The summed E-state index contributed by atoms with van der Waals surface area (Å²) >= 11 is 6.23. The van der Waals surface area contributed by atoms with Crippen LogP contribution in [0.25, 0.3) is 0 Å². The van der Waals surface area contributed by atoms with Crippen molar-refractivity contribution in [1.82, 2.24) is 10.3 Å². The van der Waals surface area contributed by atoms with Crippen LogP contribution in [0.2, 0.25) is 5.02 Å². The van der Waals surface area contributed by atoms with Crippen LogP contribution in [0.15, 0.2) is 30.6 Å². The molecule has 1 unspecified atom stereocenters. The lowest BCUT2D eigenvalue weighted by Crippen LogP contribution is -2.21. The fourth-order valence-corrected chi connectivity index (χ4v) is 3.08. The lowest BCUT2D eigenvalue weighted by molar-refractivity contribution is 0.585. The van der Waals surface area contributed by atoms with E-state index in [9.17, 15) is 0 Å². The average Bonchev–Trinajstić information content (AvgIpc) is 2.38. The molecule has 1 N–H and O–H groups in total. The molecule has 0 saturated heterocycles. The van der Waals surface area contributed by atoms with Crippen LogP contribution in [0.1, 0.15) is 33.9 Å². The van der Waals surface area contributed by atoms with Crippen molar-refractivity contribution in [3.8, 4) is 0 Å². The highest BCUT2D eigenvalue weighted by molar-refractivity contribution is 6.31. The molecule has 0 aliphatic carbocycles. The SMILES string of the molecule is CNC(Cc1ccncc1Cl)c1c(C)cc(C)cc1C. The molecule has 2 aromatic rings. The maximum atomic E-state index is 6.23. The van der Waals surface area contributed by atoms with Gasteiger partial charge in [-0.2, -0.15) is 0 Å². The monoisotopic (exact) mass is 288 g/mol. The van der Waals surface area contributed by atoms with Gasteiger partial charge in [0.05, 0.1) is 5.02 Å². The topological polar surface area (TPSA) is 24.9 Å². The molecule has 1 heterocycles. The van der Waals surface area contributed by atoms with Crippen LogP contribution in [0.3, 0.4) is 0 Å². The number of hydrogen-bond donors (Lipinski definition) is 1. The van der Waals surface area contributed by atoms with E-state index in [1.54, 1.807) is 12.4 Å². The van der Waals surface area contributed by atoms with Crippen LogP contribution >= 0.6 is 11.6 Å². The molecule has 2 nitrogen and oxygen atoms in total. The van der Waals surface area contributed by atoms with Crippen molar-refractivity contribution >= 4 is 11.6 Å². The van der Waals surface area contributed by atoms with Crippen molar-refractivity contribution in [3.63, 3.8) is 0 Å². The molecule has 0 aliphatic rings. The molecule has 0 radical (unpaired) electrons. The van der Waals surface area contributed by atoms with Gasteiger partial charge in [0.2, 0.25) is 0 Å². The van der Waals surface area contributed by atoms with Gasteiger partial charge in [-0.05, 0) is 62.6 Å². The number of nitrogens with zero attached hydrogens (tertiary/aromatic N) is 1. The number of nitrogens with one attached hydrogen (secondary N) is 1. The molecule has 1 atom stereocenters. The third-order valence-electron chi connectivity index (χ3n) is 3.72. The highest BCUT2D eigenvalue weighted by Gasteiger charge is 2.16. The van der Waals surface area contributed by atoms with E-state index in [2.05, 4.69) is 43.2 Å². The summed E-state index contributed by atoms with van der Waals surface area (Å²) < 4.78 is 0. The van der Waals surface area contributed by atoms with Gasteiger partial charge in [0.1, 0.15) is 0 Å². The zero-order valence-corrected chi connectivity index (χ0v) is 13.3. The maximum Gasteiger partial charge on any atom is 0.0622 e. The highest BCUT2D eigenvalue weighted by Crippen LogP contribution is 2.28. The number of halogens is 1. The molecule has 106 valence electrons. The molecule has 0 saturated carbocycles. The van der Waals surface area contributed by atoms with Gasteiger partial charge in [-0.15, -0.1) is 0 Å². The number of rotatable bonds is 4. The van der Waals surface area contributed by atoms with Crippen LogP contribution in [-0.4, -0.2) is 12.0 Å². The number of hydrogen-bond acceptors (Lipinski definition) is 2. The summed E-state index contributed by atoms with van der Waals surface area (Å²) in [6.45, 7) is 6.49. The van der Waals surface area contributed by atoms with Gasteiger partial charge in [-0.25, -0.2) is 0 Å². The molecule has 0 spiro atoms. The molecule has 2 rings (SSSR count). The number of pyridine rings is 1. The second-order valence-corrected chi connectivity index (χ2v) is 5.73. The van der Waals surface area contributed by atoms with Crippen molar-refractivity contribution in [2.75, 3.05) is 7.05 Å². The van der Waals surface area contributed by atoms with Crippen LogP contribution in [-0.2, 0) is 6.42 Å². The van der Waals surface area contributed by atoms with E-state index >= 15 is 0 Å². The first-order valence-electron chi connectivity index (χ1n) is 6.86. The number of likely N-dealkylation sites (N-methyl/N-ethyl adjacent to an activating group) is 1. The van der Waals surface area contributed by atoms with E-state index in [0.717, 1.165) is 17.0 Å². The van der Waals surface area contributed by atoms with Gasteiger partial charge in [-0.1, -0.05) is 29.3 Å². The van der Waals surface area contributed by atoms with Crippen molar-refractivity contribution in [2.45, 2.75) is 33.2 Å². The third-order valence-corrected chi connectivity index (χ3v) is 4.06. The largest absolute Gasteiger partial charge is 0.313 e. The summed E-state index contributed by atoms with van der Waals surface area (Å²) in [7, 11) is 2.00. The lowest BCUT2D eigenvalue weighted by atomic mass is 9.90. The van der Waals surface area contributed by atoms with Gasteiger partial charge in [0.15, 0.2) is 0 Å². The van der Waals surface area contributed by atoms with Gasteiger partial charge in [-0.3, -0.25) is 4.98 Å². The minimum Gasteiger partial charge on any atom is -0.313 e. The van der Waals surface area contributed by atoms with Crippen LogP contribution in [0.4, 0.5) is 0 Å². The van der Waals surface area contributed by atoms with Crippen LogP contribution < -0.4 is 5.32 Å². The molecule has 1 aromatic carbocycles. The van der Waals surface area contributed by atoms with Crippen molar-refractivity contribution in [2.24, 2.45) is 0 Å². The Kier molecular flexibility index (Phi) is 4.79. The fourth-order valence-electron chi connectivity index (χ4n) is 2.88. The van der Waals surface area contributed by atoms with E-state index in [1.807, 2.05) is 13.1 Å². The Morgan fingerprint density at radius 2 is 1.85 bits per heavy atom. The third kappa shape index (κ3) is 3.20. The van der Waals surface area contributed by atoms with Crippen molar-refractivity contribution in [1.29, 1.82) is 0 Å². The van der Waals surface area contributed by atoms with Gasteiger partial charge in [0.25, 0.3) is 0 Å². The predicted molar refractivity (Wildman–Crippen MR) is 85.4 cm³/mol. The molecule has 0 bridgehead atoms. The van der Waals surface area contributed by atoms with Crippen molar-refractivity contribution < 1.29 is 0 Å². The van der Waals surface area contributed by atoms with E-state index in [-0.39, 0.29) is 6.04 Å². The van der Waals surface area contributed by atoms with E-state index in [0.29, 0.717) is 0 Å². The Morgan fingerprint density at radius 3 is 2.40 bits per heavy atom. The second kappa shape index (κ2) is 6.38. The first-order chi connectivity index (χ1) is 9.52. The standard InChI is InChI=1S/C17H21ClN2/c1-11-7-12(2)17(13(3)8-11)16(19-4)9-14-5-6-20-10-15(14)18/h5-8,10,16,19H,9H2,1-4H3. The summed E-state index contributed by atoms with van der Waals surface area (Å²) in [6.07, 6.45) is 4.36. The zero-order chi connectivity index (χ0) is 14.7. The van der Waals surface area contributed by atoms with Crippen LogP contribution in [0.5, 0.6) is 0 Å². The summed E-state index contributed by atoms with van der Waals surface area (Å²) in [4.78, 5) is 4.05.